The minimum Gasteiger partial charge on any atom is -0.350 e. The fraction of sp³-hybridized carbons (Fsp3) is 0.381. The molecule has 1 atom stereocenters. The van der Waals surface area contributed by atoms with Crippen LogP contribution in [0.1, 0.15) is 28.8 Å². The molecule has 2 N–H and O–H groups in total. The van der Waals surface area contributed by atoms with Gasteiger partial charge >= 0.3 is 0 Å². The third-order valence-corrected chi connectivity index (χ3v) is 4.92. The van der Waals surface area contributed by atoms with Crippen LogP contribution in [0.3, 0.4) is 0 Å². The van der Waals surface area contributed by atoms with Crippen LogP contribution >= 0.6 is 0 Å². The number of nitrogens with zero attached hydrogens (tertiary/aromatic N) is 2. The first kappa shape index (κ1) is 20.7. The summed E-state index contributed by atoms with van der Waals surface area (Å²) in [6, 6.07) is 8.62. The first-order chi connectivity index (χ1) is 13.9. The summed E-state index contributed by atoms with van der Waals surface area (Å²) in [6.45, 7) is 1.83. The number of rotatable bonds is 6. The van der Waals surface area contributed by atoms with E-state index in [0.717, 1.165) is 31.5 Å². The van der Waals surface area contributed by atoms with Crippen LogP contribution in [0.5, 0.6) is 0 Å². The lowest BCUT2D eigenvalue weighted by Crippen LogP contribution is -2.46. The molecule has 2 aromatic rings. The fourth-order valence-electron chi connectivity index (χ4n) is 3.36. The molecule has 1 aromatic heterocycles. The van der Waals surface area contributed by atoms with Crippen molar-refractivity contribution in [2.24, 2.45) is 0 Å². The molecule has 3 rings (SSSR count). The number of carbonyl (C=O) groups excluding carboxylic acids is 2. The molecule has 0 bridgehead atoms. The standard InChI is InChI=1S/C21H25FN4O3/c1-25-10-2-3-18(13-25)24-21(29)16-6-9-20(28)26(12-16)14-19(27)23-11-15-4-7-17(22)8-5-15/h4-9,12,18H,2-3,10-11,13-14H2,1H3,(H,23,27)(H,24,29)/t18-/m0/s1. The Bertz CT molecular complexity index is 926. The van der Waals surface area contributed by atoms with E-state index < -0.39 is 0 Å². The molecule has 7 nitrogen and oxygen atoms in total. The van der Waals surface area contributed by atoms with Gasteiger partial charge < -0.3 is 20.1 Å². The Balaban J connectivity index is 1.59. The molecule has 1 aliphatic rings. The second-order valence-electron chi connectivity index (χ2n) is 7.36. The van der Waals surface area contributed by atoms with Gasteiger partial charge in [0.05, 0.1) is 5.56 Å². The van der Waals surface area contributed by atoms with Gasteiger partial charge in [0.25, 0.3) is 11.5 Å². The maximum absolute atomic E-state index is 12.9. The van der Waals surface area contributed by atoms with Crippen molar-refractivity contribution in [1.29, 1.82) is 0 Å². The summed E-state index contributed by atoms with van der Waals surface area (Å²) < 4.78 is 14.1. The lowest BCUT2D eigenvalue weighted by Gasteiger charge is -2.30. The Morgan fingerprint density at radius 3 is 2.66 bits per heavy atom. The van der Waals surface area contributed by atoms with Crippen LogP contribution in [-0.2, 0) is 17.9 Å². The zero-order valence-electron chi connectivity index (χ0n) is 16.4. The van der Waals surface area contributed by atoms with Crippen molar-refractivity contribution in [3.63, 3.8) is 0 Å². The Hall–Kier alpha value is -3.00. The quantitative estimate of drug-likeness (QED) is 0.762. The normalized spacial score (nSPS) is 17.0. The Morgan fingerprint density at radius 2 is 1.93 bits per heavy atom. The monoisotopic (exact) mass is 400 g/mol. The largest absolute Gasteiger partial charge is 0.350 e. The number of likely N-dealkylation sites (tertiary alicyclic amines) is 1. The van der Waals surface area contributed by atoms with Gasteiger partial charge in [-0.25, -0.2) is 4.39 Å². The number of piperidine rings is 1. The van der Waals surface area contributed by atoms with E-state index in [1.54, 1.807) is 12.1 Å². The molecule has 2 amide bonds. The Kier molecular flexibility index (Phi) is 6.77. The van der Waals surface area contributed by atoms with E-state index in [0.29, 0.717) is 5.56 Å². The van der Waals surface area contributed by atoms with E-state index in [-0.39, 0.29) is 42.3 Å². The summed E-state index contributed by atoms with van der Waals surface area (Å²) in [5.41, 5.74) is 0.720. The maximum atomic E-state index is 12.9. The molecule has 1 aromatic carbocycles. The van der Waals surface area contributed by atoms with E-state index >= 15 is 0 Å². The molecule has 1 saturated heterocycles. The molecule has 0 unspecified atom stereocenters. The van der Waals surface area contributed by atoms with E-state index in [1.165, 1.54) is 35.0 Å². The number of benzene rings is 1. The molecular weight excluding hydrogens is 375 g/mol. The summed E-state index contributed by atoms with van der Waals surface area (Å²) in [6.07, 6.45) is 3.35. The fourth-order valence-corrected chi connectivity index (χ4v) is 3.36. The van der Waals surface area contributed by atoms with Crippen LogP contribution in [0.2, 0.25) is 0 Å². The van der Waals surface area contributed by atoms with Crippen molar-refractivity contribution in [3.05, 3.63) is 69.9 Å². The number of nitrogens with one attached hydrogen (secondary N) is 2. The lowest BCUT2D eigenvalue weighted by atomic mass is 10.1. The molecular formula is C21H25FN4O3. The van der Waals surface area contributed by atoms with Gasteiger partial charge in [0.15, 0.2) is 0 Å². The number of amides is 2. The Morgan fingerprint density at radius 1 is 1.17 bits per heavy atom. The molecule has 0 spiro atoms. The van der Waals surface area contributed by atoms with Crippen molar-refractivity contribution in [2.45, 2.75) is 32.0 Å². The third kappa shape index (κ3) is 5.99. The number of aromatic nitrogens is 1. The predicted molar refractivity (Wildman–Crippen MR) is 107 cm³/mol. The second-order valence-corrected chi connectivity index (χ2v) is 7.36. The highest BCUT2D eigenvalue weighted by Crippen LogP contribution is 2.09. The maximum Gasteiger partial charge on any atom is 0.253 e. The SMILES string of the molecule is CN1CCC[C@H](NC(=O)c2ccc(=O)n(CC(=O)NCc3ccc(F)cc3)c2)C1. The summed E-state index contributed by atoms with van der Waals surface area (Å²) in [7, 11) is 2.02. The third-order valence-electron chi connectivity index (χ3n) is 4.92. The Labute approximate surface area is 168 Å². The van der Waals surface area contributed by atoms with Crippen LogP contribution in [0.4, 0.5) is 4.39 Å². The zero-order valence-corrected chi connectivity index (χ0v) is 16.4. The number of likely N-dealkylation sites (N-methyl/N-ethyl adjacent to an activating group) is 1. The van der Waals surface area contributed by atoms with Crippen molar-refractivity contribution >= 4 is 11.8 Å². The van der Waals surface area contributed by atoms with Gasteiger partial charge in [-0.05, 0) is 50.2 Å². The first-order valence-electron chi connectivity index (χ1n) is 9.62. The second kappa shape index (κ2) is 9.47. The smallest absolute Gasteiger partial charge is 0.253 e. The highest BCUT2D eigenvalue weighted by Gasteiger charge is 2.20. The van der Waals surface area contributed by atoms with E-state index in [1.807, 2.05) is 7.05 Å². The number of pyridine rings is 1. The topological polar surface area (TPSA) is 83.4 Å². The van der Waals surface area contributed by atoms with Gasteiger partial charge in [-0.3, -0.25) is 14.4 Å². The van der Waals surface area contributed by atoms with Gasteiger partial charge in [0.2, 0.25) is 5.91 Å². The minimum atomic E-state index is -0.372. The summed E-state index contributed by atoms with van der Waals surface area (Å²) >= 11 is 0. The molecule has 0 radical (unpaired) electrons. The zero-order chi connectivity index (χ0) is 20.8. The number of carbonyl (C=O) groups is 2. The van der Waals surface area contributed by atoms with Crippen LogP contribution in [0, 0.1) is 5.82 Å². The number of halogens is 1. The predicted octanol–water partition coefficient (Wildman–Crippen LogP) is 1.13. The lowest BCUT2D eigenvalue weighted by molar-refractivity contribution is -0.121. The average Bonchev–Trinajstić information content (AvgIpc) is 2.69. The number of hydrogen-bond donors (Lipinski definition) is 2. The molecule has 29 heavy (non-hydrogen) atoms. The summed E-state index contributed by atoms with van der Waals surface area (Å²) in [4.78, 5) is 39.0. The van der Waals surface area contributed by atoms with Crippen molar-refractivity contribution in [2.75, 3.05) is 20.1 Å². The molecule has 154 valence electrons. The molecule has 1 aliphatic heterocycles. The van der Waals surface area contributed by atoms with Crippen molar-refractivity contribution in [1.82, 2.24) is 20.1 Å². The molecule has 0 aliphatic carbocycles. The average molecular weight is 400 g/mol. The molecule has 8 heteroatoms. The molecule has 1 fully saturated rings. The van der Waals surface area contributed by atoms with E-state index in [2.05, 4.69) is 15.5 Å². The van der Waals surface area contributed by atoms with Gasteiger partial charge in [0.1, 0.15) is 12.4 Å². The number of hydrogen-bond acceptors (Lipinski definition) is 4. The highest BCUT2D eigenvalue weighted by molar-refractivity contribution is 5.94. The van der Waals surface area contributed by atoms with Crippen LogP contribution in [0.25, 0.3) is 0 Å². The van der Waals surface area contributed by atoms with Gasteiger partial charge in [0, 0.05) is 31.4 Å². The summed E-state index contributed by atoms with van der Waals surface area (Å²) in [5.74, 6) is -0.977. The van der Waals surface area contributed by atoms with Crippen molar-refractivity contribution in [3.8, 4) is 0 Å². The van der Waals surface area contributed by atoms with E-state index in [9.17, 15) is 18.8 Å². The van der Waals surface area contributed by atoms with Crippen molar-refractivity contribution < 1.29 is 14.0 Å². The molecule has 0 saturated carbocycles. The highest BCUT2D eigenvalue weighted by atomic mass is 19.1. The van der Waals surface area contributed by atoms with Gasteiger partial charge in [-0.2, -0.15) is 0 Å². The molecule has 2 heterocycles. The van der Waals surface area contributed by atoms with Gasteiger partial charge in [-0.15, -0.1) is 0 Å². The minimum absolute atomic E-state index is 0.0700. The summed E-state index contributed by atoms with van der Waals surface area (Å²) in [5, 5.41) is 5.68. The van der Waals surface area contributed by atoms with Crippen LogP contribution < -0.4 is 16.2 Å². The van der Waals surface area contributed by atoms with Gasteiger partial charge in [-0.1, -0.05) is 12.1 Å². The van der Waals surface area contributed by atoms with Crippen LogP contribution in [-0.4, -0.2) is 47.5 Å². The van der Waals surface area contributed by atoms with E-state index in [4.69, 9.17) is 0 Å². The first-order valence-corrected chi connectivity index (χ1v) is 9.62. The van der Waals surface area contributed by atoms with Crippen LogP contribution in [0.15, 0.2) is 47.4 Å².